The lowest BCUT2D eigenvalue weighted by Crippen LogP contribution is -2.40. The Morgan fingerprint density at radius 1 is 1.29 bits per heavy atom. The molecule has 1 atom stereocenters. The molecule has 0 aromatic rings. The second-order valence-corrected chi connectivity index (χ2v) is 4.36. The Bertz CT molecular complexity index is 207. The Morgan fingerprint density at radius 2 is 2.00 bits per heavy atom. The van der Waals surface area contributed by atoms with E-state index in [0.29, 0.717) is 5.91 Å². The van der Waals surface area contributed by atoms with Crippen molar-refractivity contribution in [1.29, 1.82) is 0 Å². The number of piperidine rings is 1. The van der Waals surface area contributed by atoms with Crippen LogP contribution in [0, 0.1) is 5.92 Å². The van der Waals surface area contributed by atoms with Gasteiger partial charge < -0.3 is 16.0 Å². The molecule has 0 aromatic heterocycles. The van der Waals surface area contributed by atoms with Gasteiger partial charge in [-0.3, -0.25) is 4.79 Å². The van der Waals surface area contributed by atoms with Crippen molar-refractivity contribution in [3.05, 3.63) is 0 Å². The highest BCUT2D eigenvalue weighted by Crippen LogP contribution is 2.18. The van der Waals surface area contributed by atoms with Crippen LogP contribution >= 0.6 is 0 Å². The van der Waals surface area contributed by atoms with Gasteiger partial charge in [0.05, 0.1) is 0 Å². The lowest BCUT2D eigenvalue weighted by atomic mass is 9.97. The molecule has 2 saturated heterocycles. The summed E-state index contributed by atoms with van der Waals surface area (Å²) in [6, 6.07) is 0.209. The van der Waals surface area contributed by atoms with Crippen molar-refractivity contribution in [3.63, 3.8) is 0 Å². The summed E-state index contributed by atoms with van der Waals surface area (Å²) >= 11 is 0. The number of nitrogens with two attached hydrogens (primary N) is 1. The zero-order valence-electron chi connectivity index (χ0n) is 8.54. The van der Waals surface area contributed by atoms with E-state index in [4.69, 9.17) is 5.73 Å². The molecule has 0 bridgehead atoms. The van der Waals surface area contributed by atoms with Gasteiger partial charge in [0.25, 0.3) is 0 Å². The molecule has 0 unspecified atom stereocenters. The number of amides is 1. The van der Waals surface area contributed by atoms with Crippen LogP contribution in [-0.2, 0) is 4.79 Å². The van der Waals surface area contributed by atoms with Crippen molar-refractivity contribution < 1.29 is 4.79 Å². The molecule has 4 heteroatoms. The molecule has 0 aliphatic carbocycles. The van der Waals surface area contributed by atoms with Crippen molar-refractivity contribution in [2.75, 3.05) is 26.2 Å². The average molecular weight is 197 g/mol. The van der Waals surface area contributed by atoms with E-state index in [0.717, 1.165) is 45.4 Å². The van der Waals surface area contributed by atoms with Gasteiger partial charge >= 0.3 is 0 Å². The minimum atomic E-state index is 0.209. The Kier molecular flexibility index (Phi) is 3.03. The number of hydrogen-bond acceptors (Lipinski definition) is 3. The summed E-state index contributed by atoms with van der Waals surface area (Å²) in [6.07, 6.45) is 2.95. The molecule has 2 fully saturated rings. The Hall–Kier alpha value is -0.610. The molecule has 14 heavy (non-hydrogen) atoms. The minimum absolute atomic E-state index is 0.209. The van der Waals surface area contributed by atoms with Crippen LogP contribution in [0.25, 0.3) is 0 Å². The van der Waals surface area contributed by atoms with E-state index in [9.17, 15) is 4.79 Å². The number of carbonyl (C=O) groups excluding carboxylic acids is 1. The number of nitrogens with one attached hydrogen (secondary N) is 1. The quantitative estimate of drug-likeness (QED) is 0.598. The van der Waals surface area contributed by atoms with E-state index in [1.165, 1.54) is 0 Å². The van der Waals surface area contributed by atoms with E-state index in [1.807, 2.05) is 4.90 Å². The number of nitrogens with zero attached hydrogens (tertiary/aromatic N) is 1. The van der Waals surface area contributed by atoms with Crippen molar-refractivity contribution in [2.45, 2.75) is 25.3 Å². The van der Waals surface area contributed by atoms with Crippen molar-refractivity contribution in [3.8, 4) is 0 Å². The maximum Gasteiger partial charge on any atom is 0.225 e. The van der Waals surface area contributed by atoms with E-state index in [-0.39, 0.29) is 12.0 Å². The summed E-state index contributed by atoms with van der Waals surface area (Å²) in [5, 5.41) is 3.27. The molecule has 0 saturated carbocycles. The minimum Gasteiger partial charge on any atom is -0.341 e. The molecule has 1 amide bonds. The van der Waals surface area contributed by atoms with Gasteiger partial charge in [-0.25, -0.2) is 0 Å². The van der Waals surface area contributed by atoms with E-state index < -0.39 is 0 Å². The molecule has 4 nitrogen and oxygen atoms in total. The number of carbonyl (C=O) groups is 1. The molecule has 2 aliphatic rings. The Balaban J connectivity index is 1.87. The molecule has 2 aliphatic heterocycles. The van der Waals surface area contributed by atoms with Crippen LogP contribution in [0.1, 0.15) is 19.3 Å². The third-order valence-corrected chi connectivity index (χ3v) is 3.22. The fourth-order valence-corrected chi connectivity index (χ4v) is 2.31. The largest absolute Gasteiger partial charge is 0.341 e. The summed E-state index contributed by atoms with van der Waals surface area (Å²) in [7, 11) is 0. The van der Waals surface area contributed by atoms with E-state index >= 15 is 0 Å². The predicted molar refractivity (Wildman–Crippen MR) is 54.8 cm³/mol. The second-order valence-electron chi connectivity index (χ2n) is 4.36. The number of likely N-dealkylation sites (tertiary alicyclic amines) is 1. The molecule has 80 valence electrons. The molecule has 0 aromatic carbocycles. The van der Waals surface area contributed by atoms with E-state index in [1.54, 1.807) is 0 Å². The number of hydrogen-bond donors (Lipinski definition) is 2. The first kappa shape index (κ1) is 9.93. The van der Waals surface area contributed by atoms with Crippen LogP contribution in [0.5, 0.6) is 0 Å². The van der Waals surface area contributed by atoms with Crippen LogP contribution in [0.3, 0.4) is 0 Å². The van der Waals surface area contributed by atoms with Gasteiger partial charge in [0.2, 0.25) is 5.91 Å². The van der Waals surface area contributed by atoms with Crippen molar-refractivity contribution in [1.82, 2.24) is 10.2 Å². The third kappa shape index (κ3) is 2.07. The maximum atomic E-state index is 12.0. The highest BCUT2D eigenvalue weighted by molar-refractivity contribution is 5.79. The molecular formula is C10H19N3O. The summed E-state index contributed by atoms with van der Waals surface area (Å²) in [4.78, 5) is 13.9. The lowest BCUT2D eigenvalue weighted by molar-refractivity contribution is -0.135. The third-order valence-electron chi connectivity index (χ3n) is 3.22. The fraction of sp³-hybridized carbons (Fsp3) is 0.900. The fourth-order valence-electron chi connectivity index (χ4n) is 2.31. The van der Waals surface area contributed by atoms with Gasteiger partial charge in [-0.2, -0.15) is 0 Å². The van der Waals surface area contributed by atoms with E-state index in [2.05, 4.69) is 5.32 Å². The summed E-state index contributed by atoms with van der Waals surface area (Å²) in [5.74, 6) is 0.584. The highest BCUT2D eigenvalue weighted by Gasteiger charge is 2.29. The Morgan fingerprint density at radius 3 is 2.57 bits per heavy atom. The van der Waals surface area contributed by atoms with Gasteiger partial charge in [-0.05, 0) is 32.4 Å². The summed E-state index contributed by atoms with van der Waals surface area (Å²) < 4.78 is 0. The zero-order chi connectivity index (χ0) is 9.97. The van der Waals surface area contributed by atoms with Crippen molar-refractivity contribution in [2.24, 2.45) is 11.7 Å². The molecule has 0 spiro atoms. The molecule has 0 radical (unpaired) electrons. The van der Waals surface area contributed by atoms with Gasteiger partial charge in [0.15, 0.2) is 0 Å². The first-order valence-electron chi connectivity index (χ1n) is 5.52. The van der Waals surface area contributed by atoms with Gasteiger partial charge in [-0.1, -0.05) is 0 Å². The van der Waals surface area contributed by atoms with Crippen LogP contribution < -0.4 is 11.1 Å². The Labute approximate surface area is 84.8 Å². The average Bonchev–Trinajstić information content (AvgIpc) is 2.65. The maximum absolute atomic E-state index is 12.0. The predicted octanol–water partition coefficient (Wildman–Crippen LogP) is -0.454. The SMILES string of the molecule is N[C@@H]1CCN(C(=O)C2CCNCC2)C1. The molecule has 2 rings (SSSR count). The van der Waals surface area contributed by atoms with Crippen LogP contribution in [0.2, 0.25) is 0 Å². The van der Waals surface area contributed by atoms with Crippen LogP contribution in [0.15, 0.2) is 0 Å². The topological polar surface area (TPSA) is 58.4 Å². The lowest BCUT2D eigenvalue weighted by Gasteiger charge is -2.26. The summed E-state index contributed by atoms with van der Waals surface area (Å²) in [5.41, 5.74) is 5.79. The monoisotopic (exact) mass is 197 g/mol. The summed E-state index contributed by atoms with van der Waals surface area (Å²) in [6.45, 7) is 3.60. The van der Waals surface area contributed by atoms with Gasteiger partial charge in [0, 0.05) is 25.0 Å². The molecule has 3 N–H and O–H groups in total. The normalized spacial score (nSPS) is 29.5. The number of rotatable bonds is 1. The first-order valence-corrected chi connectivity index (χ1v) is 5.52. The standard InChI is InChI=1S/C10H19N3O/c11-9-3-6-13(7-9)10(14)8-1-4-12-5-2-8/h8-9,12H,1-7,11H2/t9-/m1/s1. The van der Waals surface area contributed by atoms with Crippen molar-refractivity contribution >= 4 is 5.91 Å². The van der Waals surface area contributed by atoms with Crippen LogP contribution in [-0.4, -0.2) is 43.0 Å². The second kappa shape index (κ2) is 4.28. The van der Waals surface area contributed by atoms with Gasteiger partial charge in [0.1, 0.15) is 0 Å². The smallest absolute Gasteiger partial charge is 0.225 e. The molecule has 2 heterocycles. The highest BCUT2D eigenvalue weighted by atomic mass is 16.2. The molecular weight excluding hydrogens is 178 g/mol. The van der Waals surface area contributed by atoms with Gasteiger partial charge in [-0.15, -0.1) is 0 Å². The van der Waals surface area contributed by atoms with Crippen LogP contribution in [0.4, 0.5) is 0 Å². The first-order chi connectivity index (χ1) is 6.77. The zero-order valence-corrected chi connectivity index (χ0v) is 8.54.